The second-order valence-corrected chi connectivity index (χ2v) is 8.46. The zero-order chi connectivity index (χ0) is 20.5. The minimum absolute atomic E-state index is 0.00987. The molecule has 0 aromatic rings. The number of fused-ring (bicyclic) bond motifs is 1. The van der Waals surface area contributed by atoms with E-state index in [2.05, 4.69) is 10.8 Å². The highest BCUT2D eigenvalue weighted by Gasteiger charge is 2.47. The van der Waals surface area contributed by atoms with Gasteiger partial charge in [-0.1, -0.05) is 25.5 Å². The molecular formula is C22H35ClO5. The summed E-state index contributed by atoms with van der Waals surface area (Å²) in [6.45, 7) is 2.05. The fourth-order valence-corrected chi connectivity index (χ4v) is 4.35. The first kappa shape index (κ1) is 23.2. The summed E-state index contributed by atoms with van der Waals surface area (Å²) in [6.07, 6.45) is 11.3. The number of carbonyl (C=O) groups is 1. The summed E-state index contributed by atoms with van der Waals surface area (Å²) in [5, 5.41) is 20.8. The molecule has 1 aliphatic carbocycles. The second kappa shape index (κ2) is 11.8. The van der Waals surface area contributed by atoms with E-state index in [1.54, 1.807) is 0 Å². The number of aliphatic hydroxyl groups is 2. The largest absolute Gasteiger partial charge is 0.495 e. The summed E-state index contributed by atoms with van der Waals surface area (Å²) in [5.41, 5.74) is 0. The maximum atomic E-state index is 11.2. The Balaban J connectivity index is 1.83. The fourth-order valence-electron chi connectivity index (χ4n) is 4.16. The van der Waals surface area contributed by atoms with Gasteiger partial charge in [0.25, 0.3) is 0 Å². The minimum Gasteiger partial charge on any atom is -0.495 e. The Morgan fingerprint density at radius 2 is 2.18 bits per heavy atom. The van der Waals surface area contributed by atoms with Crippen LogP contribution in [0.4, 0.5) is 0 Å². The molecule has 2 N–H and O–H groups in total. The van der Waals surface area contributed by atoms with Gasteiger partial charge in [0.05, 0.1) is 25.1 Å². The monoisotopic (exact) mass is 414 g/mol. The molecular weight excluding hydrogens is 380 g/mol. The first-order valence-corrected chi connectivity index (χ1v) is 11.0. The van der Waals surface area contributed by atoms with Crippen molar-refractivity contribution in [3.05, 3.63) is 24.0 Å². The van der Waals surface area contributed by atoms with E-state index < -0.39 is 12.2 Å². The number of aliphatic hydroxyl groups excluding tert-OH is 2. The number of rotatable bonds is 11. The number of allylic oxidation sites excluding steroid dienone is 2. The van der Waals surface area contributed by atoms with Crippen LogP contribution in [0, 0.1) is 17.8 Å². The number of unbranched alkanes of at least 4 members (excludes halogenated alkanes) is 2. The number of alkyl halides is 1. The van der Waals surface area contributed by atoms with Crippen LogP contribution in [0.5, 0.6) is 0 Å². The van der Waals surface area contributed by atoms with E-state index in [1.807, 2.05) is 19.1 Å². The zero-order valence-corrected chi connectivity index (χ0v) is 17.8. The van der Waals surface area contributed by atoms with Crippen molar-refractivity contribution in [1.82, 2.24) is 0 Å². The Morgan fingerprint density at radius 3 is 2.89 bits per heavy atom. The van der Waals surface area contributed by atoms with Gasteiger partial charge in [0, 0.05) is 37.0 Å². The van der Waals surface area contributed by atoms with Crippen molar-refractivity contribution >= 4 is 17.6 Å². The molecule has 1 unspecified atom stereocenters. The molecule has 0 radical (unpaired) electrons. The lowest BCUT2D eigenvalue weighted by atomic mass is 9.89. The van der Waals surface area contributed by atoms with Crippen molar-refractivity contribution < 1.29 is 24.5 Å². The summed E-state index contributed by atoms with van der Waals surface area (Å²) in [7, 11) is 1.40. The van der Waals surface area contributed by atoms with Crippen LogP contribution in [0.25, 0.3) is 0 Å². The average molecular weight is 415 g/mol. The van der Waals surface area contributed by atoms with Crippen LogP contribution in [0.1, 0.15) is 58.3 Å². The van der Waals surface area contributed by atoms with Gasteiger partial charge in [-0.2, -0.15) is 0 Å². The average Bonchev–Trinajstić information content (AvgIpc) is 3.19. The van der Waals surface area contributed by atoms with Crippen molar-refractivity contribution in [1.29, 1.82) is 0 Å². The number of hydrogen-bond donors (Lipinski definition) is 2. The van der Waals surface area contributed by atoms with Gasteiger partial charge in [-0.3, -0.25) is 4.79 Å². The first-order chi connectivity index (χ1) is 13.5. The van der Waals surface area contributed by atoms with Crippen molar-refractivity contribution in [2.45, 2.75) is 76.6 Å². The Labute approximate surface area is 173 Å². The Kier molecular flexibility index (Phi) is 9.83. The molecule has 5 nitrogen and oxygen atoms in total. The van der Waals surface area contributed by atoms with E-state index in [9.17, 15) is 15.0 Å². The first-order valence-electron chi connectivity index (χ1n) is 10.5. The van der Waals surface area contributed by atoms with Gasteiger partial charge in [-0.25, -0.2) is 0 Å². The third-order valence-corrected chi connectivity index (χ3v) is 6.24. The van der Waals surface area contributed by atoms with E-state index in [1.165, 1.54) is 7.11 Å². The maximum Gasteiger partial charge on any atom is 0.305 e. The van der Waals surface area contributed by atoms with E-state index >= 15 is 0 Å². The SMILES string of the molecule is COC(=O)CCC/C=C1/C[C@@H]2[C@@H](/C=C/[C@@H](O)C(C)CCCCCl)[C@H](O)C[C@@H]2O1. The lowest BCUT2D eigenvalue weighted by Gasteiger charge is -2.18. The number of ether oxygens (including phenoxy) is 2. The van der Waals surface area contributed by atoms with Crippen LogP contribution in [-0.4, -0.2) is 47.5 Å². The summed E-state index contributed by atoms with van der Waals surface area (Å²) in [6, 6.07) is 0. The van der Waals surface area contributed by atoms with Crippen LogP contribution < -0.4 is 0 Å². The Morgan fingerprint density at radius 1 is 1.39 bits per heavy atom. The fraction of sp³-hybridized carbons (Fsp3) is 0.773. The molecule has 1 saturated carbocycles. The summed E-state index contributed by atoms with van der Waals surface area (Å²) < 4.78 is 10.7. The van der Waals surface area contributed by atoms with Crippen molar-refractivity contribution in [3.8, 4) is 0 Å². The van der Waals surface area contributed by atoms with Gasteiger partial charge in [-0.05, 0) is 37.7 Å². The summed E-state index contributed by atoms with van der Waals surface area (Å²) >= 11 is 5.71. The Bertz CT molecular complexity index is 547. The molecule has 1 heterocycles. The predicted molar refractivity (Wildman–Crippen MR) is 110 cm³/mol. The van der Waals surface area contributed by atoms with E-state index in [0.29, 0.717) is 18.7 Å². The number of carbonyl (C=O) groups excluding carboxylic acids is 1. The topological polar surface area (TPSA) is 76.0 Å². The van der Waals surface area contributed by atoms with E-state index in [-0.39, 0.29) is 29.8 Å². The van der Waals surface area contributed by atoms with Gasteiger partial charge in [0.2, 0.25) is 0 Å². The third kappa shape index (κ3) is 6.78. The number of methoxy groups -OCH3 is 1. The van der Waals surface area contributed by atoms with Crippen molar-refractivity contribution in [3.63, 3.8) is 0 Å². The van der Waals surface area contributed by atoms with Gasteiger partial charge >= 0.3 is 5.97 Å². The third-order valence-electron chi connectivity index (χ3n) is 5.97. The number of hydrogen-bond acceptors (Lipinski definition) is 5. The Hall–Kier alpha value is -1.04. The lowest BCUT2D eigenvalue weighted by molar-refractivity contribution is -0.140. The molecule has 2 rings (SSSR count). The molecule has 28 heavy (non-hydrogen) atoms. The van der Waals surface area contributed by atoms with Crippen LogP contribution in [0.15, 0.2) is 24.0 Å². The molecule has 0 spiro atoms. The van der Waals surface area contributed by atoms with E-state index in [0.717, 1.165) is 44.3 Å². The molecule has 2 aliphatic rings. The van der Waals surface area contributed by atoms with E-state index in [4.69, 9.17) is 16.3 Å². The zero-order valence-electron chi connectivity index (χ0n) is 17.1. The lowest BCUT2D eigenvalue weighted by Crippen LogP contribution is -2.20. The van der Waals surface area contributed by atoms with Crippen molar-refractivity contribution in [2.75, 3.05) is 13.0 Å². The van der Waals surface area contributed by atoms with Crippen LogP contribution in [0.2, 0.25) is 0 Å². The molecule has 160 valence electrons. The highest BCUT2D eigenvalue weighted by atomic mass is 35.5. The molecule has 0 aromatic heterocycles. The highest BCUT2D eigenvalue weighted by molar-refractivity contribution is 6.17. The number of halogens is 1. The number of esters is 1. The second-order valence-electron chi connectivity index (χ2n) is 8.08. The molecule has 0 amide bonds. The van der Waals surface area contributed by atoms with Gasteiger partial charge < -0.3 is 19.7 Å². The van der Waals surface area contributed by atoms with Crippen LogP contribution >= 0.6 is 11.6 Å². The summed E-state index contributed by atoms with van der Waals surface area (Å²) in [5.74, 6) is 1.87. The van der Waals surface area contributed by atoms with Gasteiger partial charge in [0.15, 0.2) is 0 Å². The predicted octanol–water partition coefficient (Wildman–Crippen LogP) is 3.96. The smallest absolute Gasteiger partial charge is 0.305 e. The molecule has 1 saturated heterocycles. The standard InChI is InChI=1S/C22H35ClO5/c1-15(7-5-6-12-23)19(24)11-10-17-18-13-16(28-21(18)14-20(17)25)8-3-4-9-22(26)27-2/h8,10-11,15,17-21,24-25H,3-7,9,12-14H2,1-2H3/b11-10+,16-8-/t15?,17-,18-,19-,20-,21+/m1/s1. The van der Waals surface area contributed by atoms with Crippen molar-refractivity contribution in [2.24, 2.45) is 17.8 Å². The molecule has 0 aromatic carbocycles. The van der Waals surface area contributed by atoms with Crippen LogP contribution in [-0.2, 0) is 14.3 Å². The highest BCUT2D eigenvalue weighted by Crippen LogP contribution is 2.45. The molecule has 6 heteroatoms. The maximum absolute atomic E-state index is 11.2. The summed E-state index contributed by atoms with van der Waals surface area (Å²) in [4.78, 5) is 11.2. The molecule has 6 atom stereocenters. The molecule has 2 fully saturated rings. The quantitative estimate of drug-likeness (QED) is 0.231. The van der Waals surface area contributed by atoms with Gasteiger partial charge in [-0.15, -0.1) is 11.6 Å². The molecule has 1 aliphatic heterocycles. The normalized spacial score (nSPS) is 30.4. The van der Waals surface area contributed by atoms with Gasteiger partial charge in [0.1, 0.15) is 6.10 Å². The minimum atomic E-state index is -0.503. The molecule has 0 bridgehead atoms. The van der Waals surface area contributed by atoms with Crippen LogP contribution in [0.3, 0.4) is 0 Å².